The number of nitrogens with zero attached hydrogens (tertiary/aromatic N) is 3. The average Bonchev–Trinajstić information content (AvgIpc) is 3.14. The van der Waals surface area contributed by atoms with E-state index in [1.165, 1.54) is 10.6 Å². The van der Waals surface area contributed by atoms with Gasteiger partial charge in [0.15, 0.2) is 0 Å². The third-order valence-corrected chi connectivity index (χ3v) is 3.34. The summed E-state index contributed by atoms with van der Waals surface area (Å²) in [7, 11) is 1.72. The number of halogens is 1. The topological polar surface area (TPSA) is 55.2 Å². The lowest BCUT2D eigenvalue weighted by atomic mass is 10.3. The van der Waals surface area contributed by atoms with Crippen molar-refractivity contribution in [3.63, 3.8) is 0 Å². The highest BCUT2D eigenvalue weighted by atomic mass is 35.5. The van der Waals surface area contributed by atoms with Crippen molar-refractivity contribution in [1.82, 2.24) is 14.5 Å². The SMILES string of the molecule is CCN(C)C(=O)Cn1c(C2CC2)nc(Cl)cc1=O. The molecule has 5 nitrogen and oxygen atoms in total. The molecule has 1 aliphatic rings. The van der Waals surface area contributed by atoms with E-state index in [-0.39, 0.29) is 29.1 Å². The summed E-state index contributed by atoms with van der Waals surface area (Å²) in [6.07, 6.45) is 2.01. The lowest BCUT2D eigenvalue weighted by Crippen LogP contribution is -2.35. The Hall–Kier alpha value is -1.36. The molecule has 1 saturated carbocycles. The van der Waals surface area contributed by atoms with E-state index in [9.17, 15) is 9.59 Å². The summed E-state index contributed by atoms with van der Waals surface area (Å²) < 4.78 is 1.44. The zero-order valence-corrected chi connectivity index (χ0v) is 11.3. The minimum atomic E-state index is -0.255. The second kappa shape index (κ2) is 5.10. The van der Waals surface area contributed by atoms with Gasteiger partial charge in [-0.05, 0) is 19.8 Å². The van der Waals surface area contributed by atoms with Gasteiger partial charge in [0.05, 0.1) is 0 Å². The van der Waals surface area contributed by atoms with E-state index in [2.05, 4.69) is 4.98 Å². The third-order valence-electron chi connectivity index (χ3n) is 3.14. The van der Waals surface area contributed by atoms with E-state index in [0.29, 0.717) is 12.4 Å². The van der Waals surface area contributed by atoms with E-state index in [1.807, 2.05) is 6.92 Å². The van der Waals surface area contributed by atoms with Crippen LogP contribution >= 0.6 is 11.6 Å². The lowest BCUT2D eigenvalue weighted by molar-refractivity contribution is -0.130. The van der Waals surface area contributed by atoms with Gasteiger partial charge < -0.3 is 4.90 Å². The lowest BCUT2D eigenvalue weighted by Gasteiger charge is -2.17. The Bertz CT molecular complexity index is 523. The number of hydrogen-bond donors (Lipinski definition) is 0. The van der Waals surface area contributed by atoms with Crippen LogP contribution in [-0.2, 0) is 11.3 Å². The summed E-state index contributed by atoms with van der Waals surface area (Å²) in [6, 6.07) is 1.26. The molecule has 1 aromatic rings. The predicted octanol–water partition coefficient (Wildman–Crippen LogP) is 1.25. The zero-order valence-electron chi connectivity index (χ0n) is 10.5. The standard InChI is InChI=1S/C12H16ClN3O2/c1-3-15(2)11(18)7-16-10(17)6-9(13)14-12(16)8-4-5-8/h6,8H,3-5,7H2,1-2H3. The van der Waals surface area contributed by atoms with Crippen molar-refractivity contribution in [3.05, 3.63) is 27.4 Å². The van der Waals surface area contributed by atoms with Crippen molar-refractivity contribution < 1.29 is 4.79 Å². The average molecular weight is 270 g/mol. The Balaban J connectivity index is 2.31. The summed E-state index contributed by atoms with van der Waals surface area (Å²) in [4.78, 5) is 29.6. The highest BCUT2D eigenvalue weighted by Gasteiger charge is 2.29. The zero-order chi connectivity index (χ0) is 13.3. The Morgan fingerprint density at radius 3 is 2.83 bits per heavy atom. The first-order valence-corrected chi connectivity index (χ1v) is 6.42. The quantitative estimate of drug-likeness (QED) is 0.773. The van der Waals surface area contributed by atoms with Gasteiger partial charge >= 0.3 is 0 Å². The van der Waals surface area contributed by atoms with Gasteiger partial charge in [0, 0.05) is 25.6 Å². The van der Waals surface area contributed by atoms with Crippen LogP contribution in [0.1, 0.15) is 31.5 Å². The van der Waals surface area contributed by atoms with Gasteiger partial charge in [0.1, 0.15) is 17.5 Å². The van der Waals surface area contributed by atoms with Gasteiger partial charge in [-0.2, -0.15) is 0 Å². The van der Waals surface area contributed by atoms with Gasteiger partial charge in [-0.15, -0.1) is 0 Å². The van der Waals surface area contributed by atoms with Crippen LogP contribution in [0.3, 0.4) is 0 Å². The summed E-state index contributed by atoms with van der Waals surface area (Å²) in [5, 5.41) is 0.203. The first-order chi connectivity index (χ1) is 8.52. The molecule has 0 aromatic carbocycles. The van der Waals surface area contributed by atoms with Gasteiger partial charge in [-0.25, -0.2) is 4.98 Å². The Kier molecular flexibility index (Phi) is 3.71. The van der Waals surface area contributed by atoms with Crippen molar-refractivity contribution in [3.8, 4) is 0 Å². The highest BCUT2D eigenvalue weighted by molar-refractivity contribution is 6.29. The fourth-order valence-corrected chi connectivity index (χ4v) is 1.92. The number of carbonyl (C=O) groups excluding carboxylic acids is 1. The molecule has 0 spiro atoms. The number of hydrogen-bond acceptors (Lipinski definition) is 3. The fourth-order valence-electron chi connectivity index (χ4n) is 1.74. The van der Waals surface area contributed by atoms with Crippen LogP contribution in [0.15, 0.2) is 10.9 Å². The van der Waals surface area contributed by atoms with Crippen molar-refractivity contribution in [2.75, 3.05) is 13.6 Å². The molecule has 1 heterocycles. The maximum atomic E-state index is 11.9. The van der Waals surface area contributed by atoms with E-state index in [1.54, 1.807) is 11.9 Å². The summed E-state index contributed by atoms with van der Waals surface area (Å²) in [6.45, 7) is 2.55. The molecule has 0 bridgehead atoms. The number of likely N-dealkylation sites (N-methyl/N-ethyl adjacent to an activating group) is 1. The molecule has 0 unspecified atom stereocenters. The fraction of sp³-hybridized carbons (Fsp3) is 0.583. The first-order valence-electron chi connectivity index (χ1n) is 6.04. The van der Waals surface area contributed by atoms with E-state index < -0.39 is 0 Å². The number of aromatic nitrogens is 2. The molecule has 98 valence electrons. The Morgan fingerprint density at radius 2 is 2.28 bits per heavy atom. The van der Waals surface area contributed by atoms with E-state index in [0.717, 1.165) is 12.8 Å². The molecule has 2 rings (SSSR count). The van der Waals surface area contributed by atoms with Gasteiger partial charge in [0.2, 0.25) is 5.91 Å². The summed E-state index contributed by atoms with van der Waals surface area (Å²) in [5.74, 6) is 0.826. The minimum absolute atomic E-state index is 0.0408. The molecule has 0 atom stereocenters. The molecule has 1 amide bonds. The molecule has 6 heteroatoms. The number of amides is 1. The van der Waals surface area contributed by atoms with Crippen LogP contribution in [0.25, 0.3) is 0 Å². The number of carbonyl (C=O) groups is 1. The first kappa shape index (κ1) is 13.1. The molecule has 0 radical (unpaired) electrons. The molecule has 1 aromatic heterocycles. The molecular formula is C12H16ClN3O2. The van der Waals surface area contributed by atoms with Gasteiger partial charge in [-0.3, -0.25) is 14.2 Å². The van der Waals surface area contributed by atoms with E-state index in [4.69, 9.17) is 11.6 Å². The molecule has 18 heavy (non-hydrogen) atoms. The molecule has 0 N–H and O–H groups in total. The van der Waals surface area contributed by atoms with Crippen LogP contribution < -0.4 is 5.56 Å². The smallest absolute Gasteiger partial charge is 0.255 e. The molecule has 1 aliphatic carbocycles. The van der Waals surface area contributed by atoms with Crippen LogP contribution in [0.2, 0.25) is 5.15 Å². The predicted molar refractivity (Wildman–Crippen MR) is 68.8 cm³/mol. The van der Waals surface area contributed by atoms with Crippen LogP contribution in [0, 0.1) is 0 Å². The molecule has 0 aliphatic heterocycles. The van der Waals surface area contributed by atoms with Crippen molar-refractivity contribution in [2.45, 2.75) is 32.2 Å². The van der Waals surface area contributed by atoms with Crippen LogP contribution in [0.4, 0.5) is 0 Å². The van der Waals surface area contributed by atoms with Crippen LogP contribution in [-0.4, -0.2) is 34.0 Å². The normalized spacial score (nSPS) is 14.6. The largest absolute Gasteiger partial charge is 0.344 e. The third kappa shape index (κ3) is 2.72. The highest BCUT2D eigenvalue weighted by Crippen LogP contribution is 2.38. The van der Waals surface area contributed by atoms with E-state index >= 15 is 0 Å². The minimum Gasteiger partial charge on any atom is -0.344 e. The molecule has 1 fully saturated rings. The van der Waals surface area contributed by atoms with Gasteiger partial charge in [-0.1, -0.05) is 11.6 Å². The van der Waals surface area contributed by atoms with Crippen molar-refractivity contribution in [2.24, 2.45) is 0 Å². The molecular weight excluding hydrogens is 254 g/mol. The monoisotopic (exact) mass is 269 g/mol. The van der Waals surface area contributed by atoms with Crippen LogP contribution in [0.5, 0.6) is 0 Å². The second-order valence-corrected chi connectivity index (χ2v) is 4.93. The van der Waals surface area contributed by atoms with Crippen molar-refractivity contribution >= 4 is 17.5 Å². The maximum absolute atomic E-state index is 11.9. The van der Waals surface area contributed by atoms with Gasteiger partial charge in [0.25, 0.3) is 5.56 Å². The number of rotatable bonds is 4. The van der Waals surface area contributed by atoms with Crippen molar-refractivity contribution in [1.29, 1.82) is 0 Å². The Morgan fingerprint density at radius 1 is 1.61 bits per heavy atom. The summed E-state index contributed by atoms with van der Waals surface area (Å²) in [5.41, 5.74) is -0.255. The second-order valence-electron chi connectivity index (χ2n) is 4.54. The summed E-state index contributed by atoms with van der Waals surface area (Å²) >= 11 is 5.80. The molecule has 0 saturated heterocycles. The maximum Gasteiger partial charge on any atom is 0.255 e. The Labute approximate surface area is 110 Å².